The van der Waals surface area contributed by atoms with Crippen molar-refractivity contribution in [3.63, 3.8) is 0 Å². The fraction of sp³-hybridized carbons (Fsp3) is 0.400. The van der Waals surface area contributed by atoms with Crippen LogP contribution in [0.4, 0.5) is 5.69 Å². The first-order valence-electron chi connectivity index (χ1n) is 4.37. The van der Waals surface area contributed by atoms with Crippen molar-refractivity contribution in [3.05, 3.63) is 39.4 Å². The molecule has 3 nitrogen and oxygen atoms in total. The van der Waals surface area contributed by atoms with Gasteiger partial charge in [0.2, 0.25) is 0 Å². The normalized spacial score (nSPS) is 12.5. The van der Waals surface area contributed by atoms with Crippen molar-refractivity contribution in [2.45, 2.75) is 19.8 Å². The highest BCUT2D eigenvalue weighted by atomic mass is 79.9. The summed E-state index contributed by atoms with van der Waals surface area (Å²) in [4.78, 5) is 10.3. The smallest absolute Gasteiger partial charge is 0.258 e. The highest BCUT2D eigenvalue weighted by Crippen LogP contribution is 2.25. The van der Waals surface area contributed by atoms with Crippen molar-refractivity contribution in [1.82, 2.24) is 0 Å². The molecule has 0 N–H and O–H groups in total. The van der Waals surface area contributed by atoms with Crippen molar-refractivity contribution < 1.29 is 4.92 Å². The average molecular weight is 258 g/mol. The van der Waals surface area contributed by atoms with Crippen molar-refractivity contribution in [2.75, 3.05) is 5.33 Å². The highest BCUT2D eigenvalue weighted by Gasteiger charge is 2.13. The van der Waals surface area contributed by atoms with E-state index in [1.54, 1.807) is 19.1 Å². The van der Waals surface area contributed by atoms with Crippen LogP contribution in [0.25, 0.3) is 0 Å². The summed E-state index contributed by atoms with van der Waals surface area (Å²) in [5.41, 5.74) is 1.91. The van der Waals surface area contributed by atoms with Crippen molar-refractivity contribution in [1.29, 1.82) is 0 Å². The Balaban J connectivity index is 3.12. The molecule has 1 rings (SSSR count). The van der Waals surface area contributed by atoms with E-state index < -0.39 is 0 Å². The summed E-state index contributed by atoms with van der Waals surface area (Å²) in [5.74, 6) is 0.300. The van der Waals surface area contributed by atoms with Gasteiger partial charge in [0.25, 0.3) is 5.69 Å². The van der Waals surface area contributed by atoms with E-state index in [4.69, 9.17) is 0 Å². The maximum Gasteiger partial charge on any atom is 0.272 e. The molecule has 0 bridgehead atoms. The van der Waals surface area contributed by atoms with E-state index >= 15 is 0 Å². The summed E-state index contributed by atoms with van der Waals surface area (Å²) < 4.78 is 0. The van der Waals surface area contributed by atoms with Gasteiger partial charge in [-0.1, -0.05) is 35.0 Å². The van der Waals surface area contributed by atoms with Crippen molar-refractivity contribution in [3.8, 4) is 0 Å². The lowest BCUT2D eigenvalue weighted by Crippen LogP contribution is -1.98. The predicted octanol–water partition coefficient (Wildman–Crippen LogP) is 3.40. The third kappa shape index (κ3) is 2.32. The first-order chi connectivity index (χ1) is 6.56. The fourth-order valence-corrected chi connectivity index (χ4v) is 1.59. The van der Waals surface area contributed by atoms with Gasteiger partial charge in [-0.2, -0.15) is 0 Å². The van der Waals surface area contributed by atoms with Crippen LogP contribution in [0.3, 0.4) is 0 Å². The zero-order valence-corrected chi connectivity index (χ0v) is 9.74. The summed E-state index contributed by atoms with van der Waals surface area (Å²) in [6.45, 7) is 3.78. The number of hydrogen-bond donors (Lipinski definition) is 0. The number of aryl methyl sites for hydroxylation is 1. The number of nitrogens with zero attached hydrogens (tertiary/aromatic N) is 1. The molecule has 0 aliphatic heterocycles. The molecular weight excluding hydrogens is 246 g/mol. The Labute approximate surface area is 91.4 Å². The zero-order valence-electron chi connectivity index (χ0n) is 8.16. The Hall–Kier alpha value is -0.900. The maximum atomic E-state index is 10.7. The van der Waals surface area contributed by atoms with E-state index in [-0.39, 0.29) is 10.6 Å². The summed E-state index contributed by atoms with van der Waals surface area (Å²) in [5, 5.41) is 11.5. The van der Waals surface area contributed by atoms with E-state index in [9.17, 15) is 10.1 Å². The molecule has 1 aromatic rings. The van der Waals surface area contributed by atoms with Crippen molar-refractivity contribution >= 4 is 21.6 Å². The quantitative estimate of drug-likeness (QED) is 0.473. The van der Waals surface area contributed by atoms with E-state index in [0.29, 0.717) is 11.5 Å². The summed E-state index contributed by atoms with van der Waals surface area (Å²) >= 11 is 3.36. The monoisotopic (exact) mass is 257 g/mol. The van der Waals surface area contributed by atoms with Crippen LogP contribution >= 0.6 is 15.9 Å². The predicted molar refractivity (Wildman–Crippen MR) is 60.0 cm³/mol. The second kappa shape index (κ2) is 4.55. The van der Waals surface area contributed by atoms with Gasteiger partial charge in [-0.15, -0.1) is 0 Å². The Morgan fingerprint density at radius 1 is 1.57 bits per heavy atom. The van der Waals surface area contributed by atoms with Gasteiger partial charge in [0, 0.05) is 17.0 Å². The van der Waals surface area contributed by atoms with Gasteiger partial charge in [0.15, 0.2) is 0 Å². The molecule has 0 spiro atoms. The van der Waals surface area contributed by atoms with Crippen LogP contribution in [0.5, 0.6) is 0 Å². The molecule has 1 atom stereocenters. The van der Waals surface area contributed by atoms with Crippen LogP contribution in [0.1, 0.15) is 24.0 Å². The van der Waals surface area contributed by atoms with Gasteiger partial charge in [-0.3, -0.25) is 10.1 Å². The minimum atomic E-state index is -0.334. The molecule has 76 valence electrons. The van der Waals surface area contributed by atoms with Gasteiger partial charge in [-0.05, 0) is 18.4 Å². The number of alkyl halides is 1. The number of nitro groups is 1. The van der Waals surface area contributed by atoms with Crippen LogP contribution in [0.15, 0.2) is 18.2 Å². The van der Waals surface area contributed by atoms with Crippen LogP contribution in [-0.2, 0) is 0 Å². The Bertz CT molecular complexity index is 352. The molecule has 0 heterocycles. The number of hydrogen-bond acceptors (Lipinski definition) is 2. The molecular formula is C10H12BrNO2. The first-order valence-corrected chi connectivity index (χ1v) is 5.49. The van der Waals surface area contributed by atoms with Crippen molar-refractivity contribution in [2.24, 2.45) is 0 Å². The molecule has 0 aliphatic rings. The van der Waals surface area contributed by atoms with Crippen LogP contribution in [0.2, 0.25) is 0 Å². The highest BCUT2D eigenvalue weighted by molar-refractivity contribution is 9.09. The van der Waals surface area contributed by atoms with Gasteiger partial charge < -0.3 is 0 Å². The summed E-state index contributed by atoms with van der Waals surface area (Å²) in [7, 11) is 0. The molecule has 0 amide bonds. The SMILES string of the molecule is Cc1ccc(C(C)CBr)cc1[N+](=O)[O-]. The van der Waals surface area contributed by atoms with Gasteiger partial charge in [0.1, 0.15) is 0 Å². The van der Waals surface area contributed by atoms with E-state index in [1.807, 2.05) is 13.0 Å². The summed E-state index contributed by atoms with van der Waals surface area (Å²) in [6, 6.07) is 5.39. The standard InChI is InChI=1S/C10H12BrNO2/c1-7-3-4-9(8(2)6-11)5-10(7)12(13)14/h3-5,8H,6H2,1-2H3. The zero-order chi connectivity index (χ0) is 10.7. The number of nitro benzene ring substituents is 1. The minimum Gasteiger partial charge on any atom is -0.258 e. The lowest BCUT2D eigenvalue weighted by molar-refractivity contribution is -0.385. The second-order valence-electron chi connectivity index (χ2n) is 3.36. The third-order valence-electron chi connectivity index (χ3n) is 2.23. The lowest BCUT2D eigenvalue weighted by atomic mass is 10.0. The molecule has 1 aromatic carbocycles. The molecule has 0 aliphatic carbocycles. The molecule has 0 saturated heterocycles. The van der Waals surface area contributed by atoms with E-state index in [0.717, 1.165) is 10.9 Å². The molecule has 14 heavy (non-hydrogen) atoms. The fourth-order valence-electron chi connectivity index (χ4n) is 1.22. The third-order valence-corrected chi connectivity index (χ3v) is 3.20. The topological polar surface area (TPSA) is 43.1 Å². The van der Waals surface area contributed by atoms with Gasteiger partial charge in [-0.25, -0.2) is 0 Å². The average Bonchev–Trinajstić information content (AvgIpc) is 2.17. The molecule has 0 saturated carbocycles. The first kappa shape index (κ1) is 11.2. The van der Waals surface area contributed by atoms with Crippen LogP contribution < -0.4 is 0 Å². The molecule has 0 radical (unpaired) electrons. The van der Waals surface area contributed by atoms with Crippen LogP contribution in [-0.4, -0.2) is 10.3 Å². The maximum absolute atomic E-state index is 10.7. The largest absolute Gasteiger partial charge is 0.272 e. The van der Waals surface area contributed by atoms with E-state index in [1.165, 1.54) is 0 Å². The number of halogens is 1. The Morgan fingerprint density at radius 2 is 2.21 bits per heavy atom. The van der Waals surface area contributed by atoms with Crippen LogP contribution in [0, 0.1) is 17.0 Å². The Morgan fingerprint density at radius 3 is 2.71 bits per heavy atom. The molecule has 0 fully saturated rings. The van der Waals surface area contributed by atoms with E-state index in [2.05, 4.69) is 15.9 Å². The molecule has 1 unspecified atom stereocenters. The number of benzene rings is 1. The molecule has 4 heteroatoms. The van der Waals surface area contributed by atoms with Gasteiger partial charge >= 0.3 is 0 Å². The summed E-state index contributed by atoms with van der Waals surface area (Å²) in [6.07, 6.45) is 0. The Kier molecular flexibility index (Phi) is 3.63. The second-order valence-corrected chi connectivity index (χ2v) is 4.01. The molecule has 0 aromatic heterocycles. The lowest BCUT2D eigenvalue weighted by Gasteiger charge is -2.08. The van der Waals surface area contributed by atoms with Gasteiger partial charge in [0.05, 0.1) is 4.92 Å². The minimum absolute atomic E-state index is 0.204. The number of rotatable bonds is 3.